The van der Waals surface area contributed by atoms with Gasteiger partial charge in [-0.15, -0.1) is 0 Å². The largest absolute Gasteiger partial charge is 0.280 e. The number of pyridine rings is 1. The molecular weight excluding hydrogens is 289 g/mol. The Morgan fingerprint density at radius 2 is 2.23 bits per heavy atom. The average Bonchev–Trinajstić information content (AvgIpc) is 2.09. The Morgan fingerprint density at radius 1 is 1.62 bits per heavy atom. The van der Waals surface area contributed by atoms with Crippen LogP contribution in [0.15, 0.2) is 6.07 Å². The van der Waals surface area contributed by atoms with E-state index in [9.17, 15) is 8.78 Å². The van der Waals surface area contributed by atoms with Gasteiger partial charge in [-0.1, -0.05) is 0 Å². The van der Waals surface area contributed by atoms with Crippen LogP contribution in [0.5, 0.6) is 0 Å². The summed E-state index contributed by atoms with van der Waals surface area (Å²) in [6, 6.07) is 3.23. The molecule has 1 rings (SSSR count). The van der Waals surface area contributed by atoms with Gasteiger partial charge in [0.05, 0.1) is 0 Å². The van der Waals surface area contributed by atoms with Gasteiger partial charge in [-0.25, -0.2) is 13.8 Å². The summed E-state index contributed by atoms with van der Waals surface area (Å²) in [5, 5.41) is 8.50. The van der Waals surface area contributed by atoms with Gasteiger partial charge >= 0.3 is 0 Å². The summed E-state index contributed by atoms with van der Waals surface area (Å²) in [5.74, 6) is 0. The van der Waals surface area contributed by atoms with Crippen LogP contribution in [0.4, 0.5) is 8.78 Å². The minimum atomic E-state index is -2.62. The second kappa shape index (κ2) is 3.96. The minimum Gasteiger partial charge on any atom is -0.236 e. The Morgan fingerprint density at radius 3 is 2.69 bits per heavy atom. The van der Waals surface area contributed by atoms with Crippen molar-refractivity contribution >= 4 is 22.6 Å². The molecule has 2 nitrogen and oxygen atoms in total. The van der Waals surface area contributed by atoms with Crippen molar-refractivity contribution in [1.29, 1.82) is 5.26 Å². The number of nitrogens with zero attached hydrogens (tertiary/aromatic N) is 2. The maximum atomic E-state index is 12.3. The van der Waals surface area contributed by atoms with Crippen LogP contribution in [0.25, 0.3) is 0 Å². The van der Waals surface area contributed by atoms with Gasteiger partial charge in [-0.05, 0) is 41.1 Å². The lowest BCUT2D eigenvalue weighted by Crippen LogP contribution is -1.99. The summed E-state index contributed by atoms with van der Waals surface area (Å²) in [6.07, 6.45) is -2.62. The van der Waals surface area contributed by atoms with Crippen molar-refractivity contribution in [3.63, 3.8) is 0 Å². The fraction of sp³-hybridized carbons (Fsp3) is 0.250. The lowest BCUT2D eigenvalue weighted by molar-refractivity contribution is 0.145. The molecule has 5 heteroatoms. The molecule has 68 valence electrons. The molecule has 0 amide bonds. The molecule has 1 aromatic rings. The van der Waals surface area contributed by atoms with Crippen LogP contribution >= 0.6 is 22.6 Å². The van der Waals surface area contributed by atoms with Crippen LogP contribution in [-0.2, 0) is 0 Å². The molecule has 0 aromatic carbocycles. The van der Waals surface area contributed by atoms with Crippen LogP contribution < -0.4 is 0 Å². The second-order valence-electron chi connectivity index (χ2n) is 2.41. The smallest absolute Gasteiger partial charge is 0.236 e. The highest BCUT2D eigenvalue weighted by atomic mass is 127. The highest BCUT2D eigenvalue weighted by molar-refractivity contribution is 14.1. The molecule has 1 heterocycles. The third kappa shape index (κ3) is 2.12. The van der Waals surface area contributed by atoms with Crippen LogP contribution in [0, 0.1) is 21.8 Å². The summed E-state index contributed by atoms with van der Waals surface area (Å²) >= 11 is 1.91. The maximum absolute atomic E-state index is 12.3. The minimum absolute atomic E-state index is 0.0327. The van der Waals surface area contributed by atoms with Crippen molar-refractivity contribution in [2.45, 2.75) is 13.3 Å². The Hall–Kier alpha value is -0.770. The molecule has 13 heavy (non-hydrogen) atoms. The van der Waals surface area contributed by atoms with E-state index < -0.39 is 6.43 Å². The van der Waals surface area contributed by atoms with Crippen molar-refractivity contribution in [2.75, 3.05) is 0 Å². The molecule has 0 radical (unpaired) electrons. The van der Waals surface area contributed by atoms with E-state index in [0.29, 0.717) is 9.13 Å². The molecule has 0 bridgehead atoms. The predicted molar refractivity (Wildman–Crippen MR) is 51.4 cm³/mol. The first-order valence-electron chi connectivity index (χ1n) is 3.41. The zero-order chi connectivity index (χ0) is 10.0. The quantitative estimate of drug-likeness (QED) is 0.747. The standard InChI is InChI=1S/C8H5F2IN2/c1-4-6(11)2-5(3-12)13-7(4)8(9)10/h2,8H,1H3. The van der Waals surface area contributed by atoms with Crippen LogP contribution in [0.2, 0.25) is 0 Å². The first-order chi connectivity index (χ1) is 6.06. The summed E-state index contributed by atoms with van der Waals surface area (Å²) < 4.78 is 25.3. The van der Waals surface area contributed by atoms with Gasteiger partial charge in [0.15, 0.2) is 0 Å². The van der Waals surface area contributed by atoms with Gasteiger partial charge in [0.1, 0.15) is 17.5 Å². The highest BCUT2D eigenvalue weighted by Gasteiger charge is 2.15. The number of aromatic nitrogens is 1. The first-order valence-corrected chi connectivity index (χ1v) is 4.49. The Kier molecular flexibility index (Phi) is 3.14. The number of hydrogen-bond acceptors (Lipinski definition) is 2. The molecule has 0 N–H and O–H groups in total. The molecule has 0 atom stereocenters. The zero-order valence-corrected chi connectivity index (χ0v) is 8.84. The van der Waals surface area contributed by atoms with Crippen molar-refractivity contribution < 1.29 is 8.78 Å². The average molecular weight is 294 g/mol. The Bertz CT molecular complexity index is 371. The van der Waals surface area contributed by atoms with Crippen LogP contribution in [0.1, 0.15) is 23.4 Å². The molecule has 0 spiro atoms. The Labute approximate surface area is 87.7 Å². The van der Waals surface area contributed by atoms with E-state index in [0.717, 1.165) is 0 Å². The van der Waals surface area contributed by atoms with E-state index in [1.54, 1.807) is 13.0 Å². The van der Waals surface area contributed by atoms with Gasteiger partial charge in [0.2, 0.25) is 0 Å². The molecule has 0 saturated heterocycles. The topological polar surface area (TPSA) is 36.7 Å². The van der Waals surface area contributed by atoms with E-state index in [1.807, 2.05) is 22.6 Å². The number of hydrogen-bond donors (Lipinski definition) is 0. The number of nitriles is 1. The van der Waals surface area contributed by atoms with E-state index in [1.165, 1.54) is 6.07 Å². The fourth-order valence-electron chi connectivity index (χ4n) is 0.866. The molecule has 0 aliphatic carbocycles. The van der Waals surface area contributed by atoms with Crippen molar-refractivity contribution in [1.82, 2.24) is 4.98 Å². The van der Waals surface area contributed by atoms with E-state index in [4.69, 9.17) is 5.26 Å². The first kappa shape index (κ1) is 10.3. The lowest BCUT2D eigenvalue weighted by atomic mass is 10.2. The SMILES string of the molecule is Cc1c(I)cc(C#N)nc1C(F)F. The molecule has 0 aliphatic heterocycles. The molecule has 0 aliphatic rings. The zero-order valence-electron chi connectivity index (χ0n) is 6.68. The summed E-state index contributed by atoms with van der Waals surface area (Å²) in [4.78, 5) is 3.54. The van der Waals surface area contributed by atoms with Gasteiger partial charge in [-0.3, -0.25) is 0 Å². The third-order valence-electron chi connectivity index (χ3n) is 1.57. The van der Waals surface area contributed by atoms with Gasteiger partial charge in [-0.2, -0.15) is 5.26 Å². The monoisotopic (exact) mass is 294 g/mol. The van der Waals surface area contributed by atoms with Gasteiger partial charge < -0.3 is 0 Å². The van der Waals surface area contributed by atoms with Crippen molar-refractivity contribution in [3.05, 3.63) is 26.6 Å². The number of halogens is 3. The summed E-state index contributed by atoms with van der Waals surface area (Å²) in [7, 11) is 0. The third-order valence-corrected chi connectivity index (χ3v) is 2.69. The van der Waals surface area contributed by atoms with E-state index in [-0.39, 0.29) is 11.4 Å². The summed E-state index contributed by atoms with van der Waals surface area (Å²) in [5.41, 5.74) is 0.170. The highest BCUT2D eigenvalue weighted by Crippen LogP contribution is 2.24. The lowest BCUT2D eigenvalue weighted by Gasteiger charge is -2.05. The number of rotatable bonds is 1. The summed E-state index contributed by atoms with van der Waals surface area (Å²) in [6.45, 7) is 1.57. The normalized spacial score (nSPS) is 10.2. The van der Waals surface area contributed by atoms with Crippen molar-refractivity contribution in [3.8, 4) is 6.07 Å². The predicted octanol–water partition coefficient (Wildman–Crippen LogP) is 2.80. The number of alkyl halides is 2. The second-order valence-corrected chi connectivity index (χ2v) is 3.57. The van der Waals surface area contributed by atoms with E-state index in [2.05, 4.69) is 4.98 Å². The molecular formula is C8H5F2IN2. The Balaban J connectivity index is 3.35. The van der Waals surface area contributed by atoms with Gasteiger partial charge in [0.25, 0.3) is 6.43 Å². The molecule has 0 fully saturated rings. The van der Waals surface area contributed by atoms with Crippen LogP contribution in [0.3, 0.4) is 0 Å². The molecule has 0 unspecified atom stereocenters. The maximum Gasteiger partial charge on any atom is 0.280 e. The fourth-order valence-corrected chi connectivity index (χ4v) is 1.44. The molecule has 0 saturated carbocycles. The van der Waals surface area contributed by atoms with Crippen LogP contribution in [-0.4, -0.2) is 4.98 Å². The van der Waals surface area contributed by atoms with E-state index >= 15 is 0 Å². The van der Waals surface area contributed by atoms with Gasteiger partial charge in [0, 0.05) is 3.57 Å². The van der Waals surface area contributed by atoms with Crippen molar-refractivity contribution in [2.24, 2.45) is 0 Å². The molecule has 1 aromatic heterocycles.